The Hall–Kier alpha value is -1.62. The van der Waals surface area contributed by atoms with Crippen molar-refractivity contribution in [1.29, 1.82) is 0 Å². The quantitative estimate of drug-likeness (QED) is 0.265. The fraction of sp³-hybridized carbons (Fsp3) is 0.846. The zero-order chi connectivity index (χ0) is 17.2. The number of amides is 2. The van der Waals surface area contributed by atoms with Crippen molar-refractivity contribution < 1.29 is 28.5 Å². The molecule has 0 saturated carbocycles. The number of carbonyl (C=O) groups excluding carboxylic acids is 2. The van der Waals surface area contributed by atoms with Crippen LogP contribution in [0, 0.1) is 4.91 Å². The molecule has 10 nitrogen and oxygen atoms in total. The van der Waals surface area contributed by atoms with Gasteiger partial charge in [0, 0.05) is 13.6 Å². The fourth-order valence-corrected chi connectivity index (χ4v) is 1.26. The third-order valence-electron chi connectivity index (χ3n) is 2.38. The number of likely N-dealkylation sites (N-methyl/N-ethyl adjacent to an activating group) is 1. The minimum absolute atomic E-state index is 0.00328. The minimum Gasteiger partial charge on any atom is -0.377 e. The third-order valence-corrected chi connectivity index (χ3v) is 2.38. The van der Waals surface area contributed by atoms with Gasteiger partial charge < -0.3 is 29.6 Å². The lowest BCUT2D eigenvalue weighted by molar-refractivity contribution is -0.127. The normalized spacial score (nSPS) is 10.3. The van der Waals surface area contributed by atoms with Gasteiger partial charge in [-0.25, -0.2) is 0 Å². The van der Waals surface area contributed by atoms with Gasteiger partial charge in [0.25, 0.3) is 0 Å². The van der Waals surface area contributed by atoms with Gasteiger partial charge in [0.05, 0.1) is 39.6 Å². The van der Waals surface area contributed by atoms with Crippen LogP contribution in [0.15, 0.2) is 5.18 Å². The number of rotatable bonds is 16. The van der Waals surface area contributed by atoms with Crippen molar-refractivity contribution in [2.75, 3.05) is 73.0 Å². The molecule has 0 aromatic heterocycles. The molecule has 0 spiro atoms. The number of nitrogens with one attached hydrogen (secondary N) is 2. The molecule has 10 heteroatoms. The molecule has 2 N–H and O–H groups in total. The van der Waals surface area contributed by atoms with Gasteiger partial charge in [-0.1, -0.05) is 5.18 Å². The molecule has 0 radical (unpaired) electrons. The maximum absolute atomic E-state index is 11.4. The standard InChI is InChI=1S/C13H25N3O7/c1-14-12(17)10-22-8-6-20-4-2-15-13(18)11-23-9-7-21-5-3-16-19/h2-11H2,1H3,(H,14,17)(H,15,18). The molecule has 0 bridgehead atoms. The Morgan fingerprint density at radius 2 is 1.39 bits per heavy atom. The summed E-state index contributed by atoms with van der Waals surface area (Å²) in [5, 5.41) is 7.70. The summed E-state index contributed by atoms with van der Waals surface area (Å²) >= 11 is 0. The molecule has 0 aliphatic rings. The van der Waals surface area contributed by atoms with Crippen molar-refractivity contribution in [2.45, 2.75) is 0 Å². The lowest BCUT2D eigenvalue weighted by Crippen LogP contribution is -2.31. The average Bonchev–Trinajstić information content (AvgIpc) is 2.56. The molecule has 0 aromatic carbocycles. The van der Waals surface area contributed by atoms with Gasteiger partial charge in [0.15, 0.2) is 0 Å². The molecular weight excluding hydrogens is 310 g/mol. The van der Waals surface area contributed by atoms with Gasteiger partial charge in [-0.3, -0.25) is 9.59 Å². The molecule has 0 heterocycles. The second kappa shape index (κ2) is 16.7. The third kappa shape index (κ3) is 16.6. The smallest absolute Gasteiger partial charge is 0.246 e. The first kappa shape index (κ1) is 21.4. The van der Waals surface area contributed by atoms with Crippen molar-refractivity contribution in [3.63, 3.8) is 0 Å². The highest BCUT2D eigenvalue weighted by Crippen LogP contribution is 1.82. The number of nitrogens with zero attached hydrogens (tertiary/aromatic N) is 1. The highest BCUT2D eigenvalue weighted by Gasteiger charge is 2.01. The van der Waals surface area contributed by atoms with Crippen LogP contribution in [0.2, 0.25) is 0 Å². The number of nitroso groups, excluding NO2 is 1. The van der Waals surface area contributed by atoms with E-state index in [1.807, 2.05) is 0 Å². The van der Waals surface area contributed by atoms with E-state index in [9.17, 15) is 14.5 Å². The number of carbonyl (C=O) groups is 2. The van der Waals surface area contributed by atoms with Crippen LogP contribution in [0.25, 0.3) is 0 Å². The Bertz CT molecular complexity index is 329. The highest BCUT2D eigenvalue weighted by atomic mass is 16.5. The Morgan fingerprint density at radius 1 is 0.826 bits per heavy atom. The maximum Gasteiger partial charge on any atom is 0.246 e. The zero-order valence-electron chi connectivity index (χ0n) is 13.4. The van der Waals surface area contributed by atoms with E-state index in [0.717, 1.165) is 0 Å². The molecule has 0 aliphatic heterocycles. The number of hydrogen-bond acceptors (Lipinski definition) is 8. The molecule has 0 unspecified atom stereocenters. The van der Waals surface area contributed by atoms with Gasteiger partial charge in [0.1, 0.15) is 19.8 Å². The van der Waals surface area contributed by atoms with Crippen LogP contribution in [-0.2, 0) is 28.5 Å². The van der Waals surface area contributed by atoms with Gasteiger partial charge in [-0.2, -0.15) is 4.91 Å². The molecule has 0 aromatic rings. The summed E-state index contributed by atoms with van der Waals surface area (Å²) in [5.41, 5.74) is 0. The van der Waals surface area contributed by atoms with E-state index < -0.39 is 0 Å². The summed E-state index contributed by atoms with van der Waals surface area (Å²) in [7, 11) is 1.53. The van der Waals surface area contributed by atoms with Crippen LogP contribution in [0.1, 0.15) is 0 Å². The summed E-state index contributed by atoms with van der Waals surface area (Å²) in [6.07, 6.45) is 0. The van der Waals surface area contributed by atoms with Crippen LogP contribution >= 0.6 is 0 Å². The lowest BCUT2D eigenvalue weighted by atomic mass is 10.6. The van der Waals surface area contributed by atoms with E-state index in [1.54, 1.807) is 0 Å². The van der Waals surface area contributed by atoms with Crippen LogP contribution in [-0.4, -0.2) is 84.8 Å². The minimum atomic E-state index is -0.251. The molecule has 134 valence electrons. The molecule has 0 saturated heterocycles. The molecule has 0 rings (SSSR count). The van der Waals surface area contributed by atoms with Gasteiger partial charge >= 0.3 is 0 Å². The summed E-state index contributed by atoms with van der Waals surface area (Å²) in [6.45, 7) is 2.23. The van der Waals surface area contributed by atoms with Crippen LogP contribution < -0.4 is 10.6 Å². The Balaban J connectivity index is 3.21. The second-order valence-electron chi connectivity index (χ2n) is 4.21. The van der Waals surface area contributed by atoms with Crippen LogP contribution in [0.5, 0.6) is 0 Å². The zero-order valence-corrected chi connectivity index (χ0v) is 13.4. The SMILES string of the molecule is CNC(=O)COCCOCCNC(=O)COCCOCCN=O. The predicted molar refractivity (Wildman–Crippen MR) is 81.0 cm³/mol. The summed E-state index contributed by atoms with van der Waals surface area (Å²) in [6, 6.07) is 0. The van der Waals surface area contributed by atoms with Crippen molar-refractivity contribution in [3.05, 3.63) is 4.91 Å². The van der Waals surface area contributed by atoms with Crippen molar-refractivity contribution >= 4 is 11.8 Å². The average molecular weight is 335 g/mol. The topological polar surface area (TPSA) is 125 Å². The van der Waals surface area contributed by atoms with Gasteiger partial charge in [-0.15, -0.1) is 0 Å². The molecule has 0 aliphatic carbocycles. The highest BCUT2D eigenvalue weighted by molar-refractivity contribution is 5.77. The van der Waals surface area contributed by atoms with E-state index in [2.05, 4.69) is 15.8 Å². The van der Waals surface area contributed by atoms with Crippen LogP contribution in [0.4, 0.5) is 0 Å². The van der Waals surface area contributed by atoms with Gasteiger partial charge in [0.2, 0.25) is 11.8 Å². The first-order valence-corrected chi connectivity index (χ1v) is 7.28. The van der Waals surface area contributed by atoms with Crippen molar-refractivity contribution in [2.24, 2.45) is 5.18 Å². The number of hydrogen-bond donors (Lipinski definition) is 2. The molecule has 2 amide bonds. The van der Waals surface area contributed by atoms with E-state index in [-0.39, 0.29) is 44.8 Å². The van der Waals surface area contributed by atoms with E-state index >= 15 is 0 Å². The lowest BCUT2D eigenvalue weighted by Gasteiger charge is -2.07. The molecular formula is C13H25N3O7. The second-order valence-corrected chi connectivity index (χ2v) is 4.21. The van der Waals surface area contributed by atoms with E-state index in [1.165, 1.54) is 7.05 Å². The first-order chi connectivity index (χ1) is 11.2. The maximum atomic E-state index is 11.4. The molecule has 23 heavy (non-hydrogen) atoms. The van der Waals surface area contributed by atoms with Crippen molar-refractivity contribution in [1.82, 2.24) is 10.6 Å². The summed E-state index contributed by atoms with van der Waals surface area (Å²) in [5.74, 6) is -0.443. The Kier molecular flexibility index (Phi) is 15.6. The van der Waals surface area contributed by atoms with E-state index in [0.29, 0.717) is 33.0 Å². The predicted octanol–water partition coefficient (Wildman–Crippen LogP) is -1.32. The number of ether oxygens (including phenoxy) is 4. The Morgan fingerprint density at radius 3 is 2.00 bits per heavy atom. The van der Waals surface area contributed by atoms with Gasteiger partial charge in [-0.05, 0) is 0 Å². The summed E-state index contributed by atoms with van der Waals surface area (Å²) in [4.78, 5) is 32.0. The largest absolute Gasteiger partial charge is 0.377 e. The van der Waals surface area contributed by atoms with E-state index in [4.69, 9.17) is 18.9 Å². The fourth-order valence-electron chi connectivity index (χ4n) is 1.26. The first-order valence-electron chi connectivity index (χ1n) is 7.28. The summed E-state index contributed by atoms with van der Waals surface area (Å²) < 4.78 is 20.3. The van der Waals surface area contributed by atoms with Crippen LogP contribution in [0.3, 0.4) is 0 Å². The molecule has 0 atom stereocenters. The monoisotopic (exact) mass is 335 g/mol. The Labute approximate surface area is 135 Å². The van der Waals surface area contributed by atoms with Crippen molar-refractivity contribution in [3.8, 4) is 0 Å². The molecule has 0 fully saturated rings.